The third kappa shape index (κ3) is 3.91. The Balaban J connectivity index is 1.47. The van der Waals surface area contributed by atoms with Crippen LogP contribution in [0.3, 0.4) is 0 Å². The van der Waals surface area contributed by atoms with Crippen molar-refractivity contribution in [3.8, 4) is 5.75 Å². The largest absolute Gasteiger partial charge is 0.497 e. The highest BCUT2D eigenvalue weighted by molar-refractivity contribution is 5.37. The van der Waals surface area contributed by atoms with Crippen LogP contribution in [0, 0.1) is 13.8 Å². The standard InChI is InChI=1S/C18H26N4O/c1-13-20-14(2)22(21-13)10-4-9-19-17-7-5-15-6-8-18(23-3)12-16(15)11-17/h6,8,12,17,19H,4-5,7,9-11H2,1-3H3/t17-/m1/s1. The number of fused-ring (bicyclic) bond motifs is 1. The van der Waals surface area contributed by atoms with Crippen LogP contribution in [0.15, 0.2) is 18.2 Å². The SMILES string of the molecule is COc1ccc2c(c1)C[C@H](NCCCn1nc(C)nc1C)CC2. The molecule has 1 heterocycles. The molecule has 0 saturated carbocycles. The predicted molar refractivity (Wildman–Crippen MR) is 90.9 cm³/mol. The quantitative estimate of drug-likeness (QED) is 0.832. The maximum Gasteiger partial charge on any atom is 0.147 e. The van der Waals surface area contributed by atoms with Gasteiger partial charge in [0.15, 0.2) is 0 Å². The van der Waals surface area contributed by atoms with Crippen LogP contribution in [0.25, 0.3) is 0 Å². The number of nitrogens with one attached hydrogen (secondary N) is 1. The second kappa shape index (κ2) is 7.13. The molecule has 1 aromatic heterocycles. The molecule has 0 unspecified atom stereocenters. The summed E-state index contributed by atoms with van der Waals surface area (Å²) < 4.78 is 7.34. The molecule has 0 spiro atoms. The Hall–Kier alpha value is -1.88. The van der Waals surface area contributed by atoms with Crippen LogP contribution in [-0.4, -0.2) is 34.5 Å². The van der Waals surface area contributed by atoms with Crippen molar-refractivity contribution in [2.24, 2.45) is 0 Å². The average Bonchev–Trinajstić information content (AvgIpc) is 2.88. The average molecular weight is 314 g/mol. The lowest BCUT2D eigenvalue weighted by Crippen LogP contribution is -2.35. The molecule has 0 fully saturated rings. The Bertz CT molecular complexity index is 665. The molecule has 0 amide bonds. The molecule has 23 heavy (non-hydrogen) atoms. The molecule has 1 atom stereocenters. The van der Waals surface area contributed by atoms with Crippen molar-refractivity contribution in [1.82, 2.24) is 20.1 Å². The highest BCUT2D eigenvalue weighted by atomic mass is 16.5. The van der Waals surface area contributed by atoms with Crippen LogP contribution in [-0.2, 0) is 19.4 Å². The number of benzene rings is 1. The van der Waals surface area contributed by atoms with Crippen molar-refractivity contribution in [1.29, 1.82) is 0 Å². The van der Waals surface area contributed by atoms with Gasteiger partial charge in [-0.25, -0.2) is 4.98 Å². The first-order valence-corrected chi connectivity index (χ1v) is 8.43. The second-order valence-corrected chi connectivity index (χ2v) is 6.31. The number of aromatic nitrogens is 3. The van der Waals surface area contributed by atoms with Crippen LogP contribution in [0.5, 0.6) is 5.75 Å². The number of ether oxygens (including phenoxy) is 1. The minimum absolute atomic E-state index is 0.563. The molecule has 5 nitrogen and oxygen atoms in total. The van der Waals surface area contributed by atoms with Crippen molar-refractivity contribution in [3.05, 3.63) is 41.0 Å². The highest BCUT2D eigenvalue weighted by Gasteiger charge is 2.18. The molecular weight excluding hydrogens is 288 g/mol. The van der Waals surface area contributed by atoms with Gasteiger partial charge in [0.05, 0.1) is 7.11 Å². The summed E-state index contributed by atoms with van der Waals surface area (Å²) in [6, 6.07) is 7.02. The van der Waals surface area contributed by atoms with Gasteiger partial charge in [-0.1, -0.05) is 6.07 Å². The van der Waals surface area contributed by atoms with Gasteiger partial charge in [0.1, 0.15) is 17.4 Å². The monoisotopic (exact) mass is 314 g/mol. The Morgan fingerprint density at radius 3 is 2.91 bits per heavy atom. The molecule has 0 radical (unpaired) electrons. The lowest BCUT2D eigenvalue weighted by molar-refractivity contribution is 0.409. The zero-order valence-corrected chi connectivity index (χ0v) is 14.3. The summed E-state index contributed by atoms with van der Waals surface area (Å²) in [5.41, 5.74) is 2.90. The Morgan fingerprint density at radius 2 is 2.17 bits per heavy atom. The first-order chi connectivity index (χ1) is 11.2. The maximum absolute atomic E-state index is 5.34. The summed E-state index contributed by atoms with van der Waals surface area (Å²) in [4.78, 5) is 4.34. The summed E-state index contributed by atoms with van der Waals surface area (Å²) >= 11 is 0. The van der Waals surface area contributed by atoms with Gasteiger partial charge < -0.3 is 10.1 Å². The van der Waals surface area contributed by atoms with Crippen LogP contribution in [0.1, 0.15) is 35.6 Å². The van der Waals surface area contributed by atoms with Gasteiger partial charge in [-0.05, 0) is 69.3 Å². The van der Waals surface area contributed by atoms with Crippen LogP contribution < -0.4 is 10.1 Å². The molecule has 3 rings (SSSR count). The Kier molecular flexibility index (Phi) is 4.96. The van der Waals surface area contributed by atoms with Crippen LogP contribution >= 0.6 is 0 Å². The van der Waals surface area contributed by atoms with Gasteiger partial charge in [-0.3, -0.25) is 4.68 Å². The molecule has 2 aromatic rings. The van der Waals surface area contributed by atoms with Gasteiger partial charge in [0.2, 0.25) is 0 Å². The van der Waals surface area contributed by atoms with Gasteiger partial charge >= 0.3 is 0 Å². The van der Waals surface area contributed by atoms with Crippen molar-refractivity contribution in [2.45, 2.75) is 52.1 Å². The van der Waals surface area contributed by atoms with E-state index in [-0.39, 0.29) is 0 Å². The van der Waals surface area contributed by atoms with Crippen LogP contribution in [0.4, 0.5) is 0 Å². The van der Waals surface area contributed by atoms with E-state index in [0.717, 1.165) is 49.8 Å². The summed E-state index contributed by atoms with van der Waals surface area (Å²) in [5, 5.41) is 8.10. The van der Waals surface area contributed by atoms with Gasteiger partial charge in [-0.15, -0.1) is 0 Å². The minimum Gasteiger partial charge on any atom is -0.497 e. The first kappa shape index (κ1) is 16.0. The fourth-order valence-electron chi connectivity index (χ4n) is 3.34. The molecule has 124 valence electrons. The summed E-state index contributed by atoms with van der Waals surface area (Å²) in [6.07, 6.45) is 4.53. The van der Waals surface area contributed by atoms with E-state index in [9.17, 15) is 0 Å². The number of aryl methyl sites for hydroxylation is 4. The smallest absolute Gasteiger partial charge is 0.147 e. The number of nitrogens with zero attached hydrogens (tertiary/aromatic N) is 3. The van der Waals surface area contributed by atoms with Crippen molar-refractivity contribution in [3.63, 3.8) is 0 Å². The van der Waals surface area contributed by atoms with Crippen molar-refractivity contribution >= 4 is 0 Å². The molecule has 1 aliphatic carbocycles. The molecule has 0 saturated heterocycles. The van der Waals surface area contributed by atoms with E-state index < -0.39 is 0 Å². The Morgan fingerprint density at radius 1 is 1.30 bits per heavy atom. The van der Waals surface area contributed by atoms with E-state index in [1.54, 1.807) is 7.11 Å². The summed E-state index contributed by atoms with van der Waals surface area (Å²) in [6.45, 7) is 5.90. The van der Waals surface area contributed by atoms with E-state index >= 15 is 0 Å². The fraction of sp³-hybridized carbons (Fsp3) is 0.556. The highest BCUT2D eigenvalue weighted by Crippen LogP contribution is 2.25. The van der Waals surface area contributed by atoms with Crippen molar-refractivity contribution < 1.29 is 4.74 Å². The lowest BCUT2D eigenvalue weighted by atomic mass is 9.88. The minimum atomic E-state index is 0.563. The normalized spacial score (nSPS) is 17.1. The summed E-state index contributed by atoms with van der Waals surface area (Å²) in [5.74, 6) is 2.82. The van der Waals surface area contributed by atoms with Gasteiger partial charge in [-0.2, -0.15) is 5.10 Å². The van der Waals surface area contributed by atoms with Crippen LogP contribution in [0.2, 0.25) is 0 Å². The molecule has 1 N–H and O–H groups in total. The maximum atomic E-state index is 5.34. The molecule has 5 heteroatoms. The van der Waals surface area contributed by atoms with Gasteiger partial charge in [0, 0.05) is 12.6 Å². The zero-order valence-electron chi connectivity index (χ0n) is 14.3. The Labute approximate surface area is 138 Å². The van der Waals surface area contributed by atoms with Gasteiger partial charge in [0.25, 0.3) is 0 Å². The number of methoxy groups -OCH3 is 1. The molecule has 0 bridgehead atoms. The van der Waals surface area contributed by atoms with Crippen molar-refractivity contribution in [2.75, 3.05) is 13.7 Å². The fourth-order valence-corrected chi connectivity index (χ4v) is 3.34. The number of hydrogen-bond donors (Lipinski definition) is 1. The topological polar surface area (TPSA) is 52.0 Å². The van der Waals surface area contributed by atoms with E-state index in [2.05, 4.69) is 33.6 Å². The summed E-state index contributed by atoms with van der Waals surface area (Å²) in [7, 11) is 1.73. The number of hydrogen-bond acceptors (Lipinski definition) is 4. The lowest BCUT2D eigenvalue weighted by Gasteiger charge is -2.26. The second-order valence-electron chi connectivity index (χ2n) is 6.31. The third-order valence-corrected chi connectivity index (χ3v) is 4.58. The first-order valence-electron chi connectivity index (χ1n) is 8.43. The van der Waals surface area contributed by atoms with E-state index in [4.69, 9.17) is 4.74 Å². The molecular formula is C18H26N4O. The third-order valence-electron chi connectivity index (χ3n) is 4.58. The zero-order chi connectivity index (χ0) is 16.2. The molecule has 0 aliphatic heterocycles. The van der Waals surface area contributed by atoms with E-state index in [1.807, 2.05) is 18.5 Å². The predicted octanol–water partition coefficient (Wildman–Crippen LogP) is 2.44. The molecule has 1 aliphatic rings. The van der Waals surface area contributed by atoms with E-state index in [1.165, 1.54) is 17.5 Å². The molecule has 1 aromatic carbocycles. The van der Waals surface area contributed by atoms with E-state index in [0.29, 0.717) is 6.04 Å². The number of rotatable bonds is 6.